The molecule has 1 nitrogen and oxygen atoms in total. The zero-order valence-corrected chi connectivity index (χ0v) is 11.7. The Morgan fingerprint density at radius 3 is 3.00 bits per heavy atom. The zero-order chi connectivity index (χ0) is 12.1. The Labute approximate surface area is 109 Å². The third kappa shape index (κ3) is 3.75. The Bertz CT molecular complexity index is 345. The number of rotatable bonds is 5. The highest BCUT2D eigenvalue weighted by Crippen LogP contribution is 2.30. The summed E-state index contributed by atoms with van der Waals surface area (Å²) in [4.78, 5) is 0. The largest absolute Gasteiger partial charge is 0.313 e. The fourth-order valence-electron chi connectivity index (χ4n) is 2.61. The number of hydrogen-bond donors (Lipinski definition) is 1. The number of nitrogens with one attached hydrogen (secondary N) is 1. The Morgan fingerprint density at radius 2 is 2.35 bits per heavy atom. The smallest absolute Gasteiger partial charge is 0.0226 e. The van der Waals surface area contributed by atoms with Crippen LogP contribution in [0.1, 0.15) is 30.9 Å². The number of likely N-dealkylation sites (N-methyl/N-ethyl adjacent to an activating group) is 1. The molecule has 1 aromatic carbocycles. The third-order valence-corrected chi connectivity index (χ3v) is 4.93. The van der Waals surface area contributed by atoms with Gasteiger partial charge in [-0.2, -0.15) is 11.8 Å². The van der Waals surface area contributed by atoms with E-state index in [1.54, 1.807) is 0 Å². The van der Waals surface area contributed by atoms with E-state index >= 15 is 0 Å². The molecule has 0 amide bonds. The van der Waals surface area contributed by atoms with E-state index in [1.807, 2.05) is 0 Å². The molecule has 0 bridgehead atoms. The molecule has 1 N–H and O–H groups in total. The van der Waals surface area contributed by atoms with Gasteiger partial charge in [-0.15, -0.1) is 0 Å². The van der Waals surface area contributed by atoms with Gasteiger partial charge in [0.1, 0.15) is 0 Å². The maximum absolute atomic E-state index is 3.67. The van der Waals surface area contributed by atoms with Gasteiger partial charge in [-0.25, -0.2) is 0 Å². The fourth-order valence-corrected chi connectivity index (χ4v) is 4.00. The molecular weight excluding hydrogens is 226 g/mol. The second-order valence-corrected chi connectivity index (χ2v) is 6.26. The van der Waals surface area contributed by atoms with Crippen LogP contribution in [-0.2, 0) is 6.42 Å². The summed E-state index contributed by atoms with van der Waals surface area (Å²) in [6.45, 7) is 5.46. The van der Waals surface area contributed by atoms with Crippen LogP contribution in [0, 0.1) is 6.92 Å². The van der Waals surface area contributed by atoms with Gasteiger partial charge >= 0.3 is 0 Å². The Balaban J connectivity index is 2.01. The van der Waals surface area contributed by atoms with Gasteiger partial charge in [0.05, 0.1) is 0 Å². The van der Waals surface area contributed by atoms with Gasteiger partial charge in [0.2, 0.25) is 0 Å². The quantitative estimate of drug-likeness (QED) is 0.858. The van der Waals surface area contributed by atoms with Crippen molar-refractivity contribution >= 4 is 11.8 Å². The minimum Gasteiger partial charge on any atom is -0.313 e. The summed E-state index contributed by atoms with van der Waals surface area (Å²) >= 11 is 2.15. The van der Waals surface area contributed by atoms with Crippen molar-refractivity contribution in [2.24, 2.45) is 0 Å². The van der Waals surface area contributed by atoms with Crippen molar-refractivity contribution in [3.8, 4) is 0 Å². The van der Waals surface area contributed by atoms with Gasteiger partial charge < -0.3 is 5.32 Å². The first-order chi connectivity index (χ1) is 8.29. The molecule has 1 heterocycles. The molecule has 94 valence electrons. The summed E-state index contributed by atoms with van der Waals surface area (Å²) in [5.74, 6) is 1.35. The molecule has 0 aromatic heterocycles. The van der Waals surface area contributed by atoms with Gasteiger partial charge in [0, 0.05) is 11.3 Å². The van der Waals surface area contributed by atoms with Crippen LogP contribution in [0.25, 0.3) is 0 Å². The molecule has 2 heteroatoms. The van der Waals surface area contributed by atoms with Gasteiger partial charge in [0.25, 0.3) is 0 Å². The number of benzene rings is 1. The van der Waals surface area contributed by atoms with Crippen LogP contribution in [0.15, 0.2) is 24.3 Å². The van der Waals surface area contributed by atoms with Crippen LogP contribution >= 0.6 is 11.8 Å². The second kappa shape index (κ2) is 6.46. The molecular formula is C15H23NS. The predicted molar refractivity (Wildman–Crippen MR) is 77.8 cm³/mol. The second-order valence-electron chi connectivity index (χ2n) is 4.91. The first kappa shape index (κ1) is 13.0. The molecule has 1 fully saturated rings. The predicted octanol–water partition coefficient (Wildman–Crippen LogP) is 3.41. The minimum absolute atomic E-state index is 0.648. The summed E-state index contributed by atoms with van der Waals surface area (Å²) in [5.41, 5.74) is 2.85. The first-order valence-electron chi connectivity index (χ1n) is 6.70. The number of aryl methyl sites for hydroxylation is 1. The highest BCUT2D eigenvalue weighted by atomic mass is 32.2. The van der Waals surface area contributed by atoms with Crippen molar-refractivity contribution in [2.75, 3.05) is 12.3 Å². The molecule has 2 atom stereocenters. The molecule has 0 aliphatic carbocycles. The van der Waals surface area contributed by atoms with Crippen molar-refractivity contribution in [3.05, 3.63) is 35.4 Å². The summed E-state index contributed by atoms with van der Waals surface area (Å²) in [7, 11) is 0. The Kier molecular flexibility index (Phi) is 4.93. The van der Waals surface area contributed by atoms with Gasteiger partial charge in [0.15, 0.2) is 0 Å². The molecule has 2 unspecified atom stereocenters. The van der Waals surface area contributed by atoms with E-state index in [0.717, 1.165) is 11.8 Å². The molecule has 1 aliphatic rings. The third-order valence-electron chi connectivity index (χ3n) is 3.42. The van der Waals surface area contributed by atoms with Crippen LogP contribution in [0.2, 0.25) is 0 Å². The maximum Gasteiger partial charge on any atom is 0.0226 e. The van der Waals surface area contributed by atoms with E-state index in [9.17, 15) is 0 Å². The summed E-state index contributed by atoms with van der Waals surface area (Å²) in [6, 6.07) is 9.58. The molecule has 17 heavy (non-hydrogen) atoms. The highest BCUT2D eigenvalue weighted by Gasteiger charge is 2.24. The van der Waals surface area contributed by atoms with Crippen LogP contribution in [0.5, 0.6) is 0 Å². The van der Waals surface area contributed by atoms with E-state index in [-0.39, 0.29) is 0 Å². The Hall–Kier alpha value is -0.470. The maximum atomic E-state index is 3.67. The van der Waals surface area contributed by atoms with E-state index in [4.69, 9.17) is 0 Å². The van der Waals surface area contributed by atoms with E-state index in [0.29, 0.717) is 6.04 Å². The molecule has 2 rings (SSSR count). The number of thioether (sulfide) groups is 1. The van der Waals surface area contributed by atoms with Crippen LogP contribution in [-0.4, -0.2) is 23.6 Å². The zero-order valence-electron chi connectivity index (χ0n) is 10.9. The normalized spacial score (nSPS) is 21.6. The summed E-state index contributed by atoms with van der Waals surface area (Å²) in [5, 5.41) is 4.49. The van der Waals surface area contributed by atoms with E-state index in [2.05, 4.69) is 55.2 Å². The summed E-state index contributed by atoms with van der Waals surface area (Å²) in [6.07, 6.45) is 3.95. The summed E-state index contributed by atoms with van der Waals surface area (Å²) < 4.78 is 0. The van der Waals surface area contributed by atoms with Crippen molar-refractivity contribution in [3.63, 3.8) is 0 Å². The van der Waals surface area contributed by atoms with E-state index < -0.39 is 0 Å². The SMILES string of the molecule is CCNC(Cc1cccc(C)c1)C1CCCS1. The van der Waals surface area contributed by atoms with E-state index in [1.165, 1.54) is 36.1 Å². The topological polar surface area (TPSA) is 12.0 Å². The van der Waals surface area contributed by atoms with Crippen molar-refractivity contribution in [2.45, 2.75) is 44.4 Å². The minimum atomic E-state index is 0.648. The highest BCUT2D eigenvalue weighted by molar-refractivity contribution is 8.00. The molecule has 0 spiro atoms. The standard InChI is InChI=1S/C15H23NS/c1-3-16-14(15-8-5-9-17-15)11-13-7-4-6-12(2)10-13/h4,6-7,10,14-16H,3,5,8-9,11H2,1-2H3. The van der Waals surface area contributed by atoms with Crippen LogP contribution in [0.4, 0.5) is 0 Å². The van der Waals surface area contributed by atoms with Gasteiger partial charge in [-0.1, -0.05) is 36.8 Å². The average Bonchev–Trinajstić information content (AvgIpc) is 2.82. The first-order valence-corrected chi connectivity index (χ1v) is 7.75. The molecule has 0 radical (unpaired) electrons. The lowest BCUT2D eigenvalue weighted by Crippen LogP contribution is -2.38. The lowest BCUT2D eigenvalue weighted by Gasteiger charge is -2.24. The molecule has 1 aromatic rings. The number of hydrogen-bond acceptors (Lipinski definition) is 2. The lowest BCUT2D eigenvalue weighted by atomic mass is 9.99. The van der Waals surface area contributed by atoms with Gasteiger partial charge in [-0.05, 0) is 44.0 Å². The van der Waals surface area contributed by atoms with Crippen molar-refractivity contribution in [1.82, 2.24) is 5.32 Å². The Morgan fingerprint density at radius 1 is 1.47 bits per heavy atom. The monoisotopic (exact) mass is 249 g/mol. The fraction of sp³-hybridized carbons (Fsp3) is 0.600. The van der Waals surface area contributed by atoms with Crippen molar-refractivity contribution in [1.29, 1.82) is 0 Å². The van der Waals surface area contributed by atoms with Crippen molar-refractivity contribution < 1.29 is 0 Å². The molecule has 1 aliphatic heterocycles. The lowest BCUT2D eigenvalue weighted by molar-refractivity contribution is 0.495. The van der Waals surface area contributed by atoms with Gasteiger partial charge in [-0.3, -0.25) is 0 Å². The molecule has 1 saturated heterocycles. The van der Waals surface area contributed by atoms with Crippen LogP contribution in [0.3, 0.4) is 0 Å². The molecule has 0 saturated carbocycles. The average molecular weight is 249 g/mol. The van der Waals surface area contributed by atoms with Crippen LogP contribution < -0.4 is 5.32 Å².